The summed E-state index contributed by atoms with van der Waals surface area (Å²) in [7, 11) is 0. The average Bonchev–Trinajstić information content (AvgIpc) is 3.21. The molecular formula is C16H15BrO2. The SMILES string of the molecule is Brc1cccc(Oc2cccc(OCC3CC3)c2)c1. The Balaban J connectivity index is 1.67. The number of hydrogen-bond donors (Lipinski definition) is 0. The summed E-state index contributed by atoms with van der Waals surface area (Å²) in [6.45, 7) is 0.820. The smallest absolute Gasteiger partial charge is 0.131 e. The molecule has 0 bridgehead atoms. The zero-order valence-corrected chi connectivity index (χ0v) is 12.1. The Morgan fingerprint density at radius 1 is 0.947 bits per heavy atom. The minimum Gasteiger partial charge on any atom is -0.493 e. The topological polar surface area (TPSA) is 18.5 Å². The molecule has 0 spiro atoms. The Morgan fingerprint density at radius 3 is 2.37 bits per heavy atom. The number of halogens is 1. The van der Waals surface area contributed by atoms with Crippen LogP contribution >= 0.6 is 15.9 Å². The molecule has 0 aromatic heterocycles. The van der Waals surface area contributed by atoms with Crippen LogP contribution in [0.25, 0.3) is 0 Å². The fraction of sp³-hybridized carbons (Fsp3) is 0.250. The van der Waals surface area contributed by atoms with Crippen molar-refractivity contribution >= 4 is 15.9 Å². The van der Waals surface area contributed by atoms with Crippen LogP contribution in [0, 0.1) is 5.92 Å². The van der Waals surface area contributed by atoms with E-state index in [1.165, 1.54) is 12.8 Å². The molecule has 2 aromatic carbocycles. The van der Waals surface area contributed by atoms with E-state index in [0.717, 1.165) is 34.2 Å². The Hall–Kier alpha value is -1.48. The fourth-order valence-corrected chi connectivity index (χ4v) is 2.17. The first kappa shape index (κ1) is 12.5. The lowest BCUT2D eigenvalue weighted by molar-refractivity contribution is 0.298. The van der Waals surface area contributed by atoms with Gasteiger partial charge < -0.3 is 9.47 Å². The molecular weight excluding hydrogens is 304 g/mol. The molecule has 98 valence electrons. The first-order valence-electron chi connectivity index (χ1n) is 6.46. The van der Waals surface area contributed by atoms with Crippen LogP contribution in [-0.4, -0.2) is 6.61 Å². The molecule has 0 atom stereocenters. The zero-order valence-electron chi connectivity index (χ0n) is 10.5. The lowest BCUT2D eigenvalue weighted by Gasteiger charge is -2.09. The van der Waals surface area contributed by atoms with E-state index in [9.17, 15) is 0 Å². The maximum atomic E-state index is 5.81. The third kappa shape index (κ3) is 3.74. The highest BCUT2D eigenvalue weighted by atomic mass is 79.9. The largest absolute Gasteiger partial charge is 0.493 e. The van der Waals surface area contributed by atoms with Crippen LogP contribution in [0.15, 0.2) is 53.0 Å². The summed E-state index contributed by atoms with van der Waals surface area (Å²) in [6, 6.07) is 15.6. The van der Waals surface area contributed by atoms with Gasteiger partial charge in [0.25, 0.3) is 0 Å². The molecule has 2 nitrogen and oxygen atoms in total. The van der Waals surface area contributed by atoms with Crippen LogP contribution in [0.2, 0.25) is 0 Å². The van der Waals surface area contributed by atoms with Gasteiger partial charge in [0, 0.05) is 10.5 Å². The van der Waals surface area contributed by atoms with Gasteiger partial charge in [0.1, 0.15) is 17.2 Å². The van der Waals surface area contributed by atoms with Gasteiger partial charge in [0.2, 0.25) is 0 Å². The minimum absolute atomic E-state index is 0.759. The third-order valence-corrected chi connectivity index (χ3v) is 3.51. The molecule has 1 aliphatic rings. The van der Waals surface area contributed by atoms with Crippen LogP contribution in [0.5, 0.6) is 17.2 Å². The second-order valence-corrected chi connectivity index (χ2v) is 5.70. The maximum absolute atomic E-state index is 5.81. The van der Waals surface area contributed by atoms with Crippen molar-refractivity contribution < 1.29 is 9.47 Å². The number of benzene rings is 2. The lowest BCUT2D eigenvalue weighted by Crippen LogP contribution is -1.98. The van der Waals surface area contributed by atoms with Gasteiger partial charge in [-0.05, 0) is 49.1 Å². The highest BCUT2D eigenvalue weighted by Gasteiger charge is 2.21. The molecule has 0 amide bonds. The molecule has 0 N–H and O–H groups in total. The highest BCUT2D eigenvalue weighted by Crippen LogP contribution is 2.31. The summed E-state index contributed by atoms with van der Waals surface area (Å²) in [5.41, 5.74) is 0. The van der Waals surface area contributed by atoms with Crippen molar-refractivity contribution in [2.24, 2.45) is 5.92 Å². The first-order valence-corrected chi connectivity index (χ1v) is 7.25. The van der Waals surface area contributed by atoms with Gasteiger partial charge in [-0.1, -0.05) is 28.1 Å². The Morgan fingerprint density at radius 2 is 1.63 bits per heavy atom. The van der Waals surface area contributed by atoms with Crippen LogP contribution in [-0.2, 0) is 0 Å². The molecule has 0 radical (unpaired) electrons. The molecule has 3 rings (SSSR count). The van der Waals surface area contributed by atoms with Gasteiger partial charge >= 0.3 is 0 Å². The van der Waals surface area contributed by atoms with Gasteiger partial charge in [-0.2, -0.15) is 0 Å². The van der Waals surface area contributed by atoms with Crippen molar-refractivity contribution in [3.8, 4) is 17.2 Å². The molecule has 1 aliphatic carbocycles. The van der Waals surface area contributed by atoms with Crippen LogP contribution in [0.4, 0.5) is 0 Å². The Bertz CT molecular complexity index is 564. The van der Waals surface area contributed by atoms with Crippen molar-refractivity contribution in [2.75, 3.05) is 6.61 Å². The minimum atomic E-state index is 0.759. The Labute approximate surface area is 121 Å². The van der Waals surface area contributed by atoms with E-state index in [-0.39, 0.29) is 0 Å². The molecule has 0 saturated heterocycles. The van der Waals surface area contributed by atoms with Gasteiger partial charge in [-0.25, -0.2) is 0 Å². The van der Waals surface area contributed by atoms with Crippen molar-refractivity contribution in [1.82, 2.24) is 0 Å². The van der Waals surface area contributed by atoms with Crippen LogP contribution < -0.4 is 9.47 Å². The zero-order chi connectivity index (χ0) is 13.1. The second kappa shape index (κ2) is 5.66. The molecule has 1 fully saturated rings. The molecule has 2 aromatic rings. The summed E-state index contributed by atoms with van der Waals surface area (Å²) in [5, 5.41) is 0. The summed E-state index contributed by atoms with van der Waals surface area (Å²) in [4.78, 5) is 0. The second-order valence-electron chi connectivity index (χ2n) is 4.79. The predicted octanol–water partition coefficient (Wildman–Crippen LogP) is 5.03. The predicted molar refractivity (Wildman–Crippen MR) is 78.9 cm³/mol. The van der Waals surface area contributed by atoms with Gasteiger partial charge in [-0.15, -0.1) is 0 Å². The normalized spacial score (nSPS) is 14.2. The summed E-state index contributed by atoms with van der Waals surface area (Å²) in [6.07, 6.45) is 2.60. The number of hydrogen-bond acceptors (Lipinski definition) is 2. The summed E-state index contributed by atoms with van der Waals surface area (Å²) >= 11 is 3.43. The first-order chi connectivity index (χ1) is 9.29. The van der Waals surface area contributed by atoms with Gasteiger partial charge in [0.15, 0.2) is 0 Å². The number of rotatable bonds is 5. The summed E-state index contributed by atoms with van der Waals surface area (Å²) < 4.78 is 12.6. The van der Waals surface area contributed by atoms with Crippen LogP contribution in [0.3, 0.4) is 0 Å². The van der Waals surface area contributed by atoms with E-state index in [4.69, 9.17) is 9.47 Å². The summed E-state index contributed by atoms with van der Waals surface area (Å²) in [5.74, 6) is 3.24. The maximum Gasteiger partial charge on any atom is 0.131 e. The van der Waals surface area contributed by atoms with Crippen LogP contribution in [0.1, 0.15) is 12.8 Å². The van der Waals surface area contributed by atoms with Crippen molar-refractivity contribution in [1.29, 1.82) is 0 Å². The van der Waals surface area contributed by atoms with E-state index in [1.54, 1.807) is 0 Å². The standard InChI is InChI=1S/C16H15BrO2/c17-13-3-1-5-15(9-13)19-16-6-2-4-14(10-16)18-11-12-7-8-12/h1-6,9-10,12H,7-8,11H2. The van der Waals surface area contributed by atoms with E-state index in [0.29, 0.717) is 0 Å². The molecule has 0 unspecified atom stereocenters. The molecule has 1 saturated carbocycles. The van der Waals surface area contributed by atoms with Crippen molar-refractivity contribution in [2.45, 2.75) is 12.8 Å². The third-order valence-electron chi connectivity index (χ3n) is 3.02. The van der Waals surface area contributed by atoms with E-state index < -0.39 is 0 Å². The van der Waals surface area contributed by atoms with Crippen molar-refractivity contribution in [3.63, 3.8) is 0 Å². The highest BCUT2D eigenvalue weighted by molar-refractivity contribution is 9.10. The molecule has 0 heterocycles. The number of ether oxygens (including phenoxy) is 2. The molecule has 19 heavy (non-hydrogen) atoms. The molecule has 3 heteroatoms. The molecule has 0 aliphatic heterocycles. The van der Waals surface area contributed by atoms with E-state index in [1.807, 2.05) is 48.5 Å². The lowest BCUT2D eigenvalue weighted by atomic mass is 10.3. The monoisotopic (exact) mass is 318 g/mol. The quantitative estimate of drug-likeness (QED) is 0.769. The van der Waals surface area contributed by atoms with Gasteiger partial charge in [0.05, 0.1) is 6.61 Å². The van der Waals surface area contributed by atoms with Gasteiger partial charge in [-0.3, -0.25) is 0 Å². The average molecular weight is 319 g/mol. The van der Waals surface area contributed by atoms with Crippen molar-refractivity contribution in [3.05, 3.63) is 53.0 Å². The fourth-order valence-electron chi connectivity index (χ4n) is 1.79. The Kier molecular flexibility index (Phi) is 3.74. The van der Waals surface area contributed by atoms with E-state index in [2.05, 4.69) is 15.9 Å². The van der Waals surface area contributed by atoms with E-state index >= 15 is 0 Å².